The number of benzene rings is 2. The molecule has 27 heavy (non-hydrogen) atoms. The Morgan fingerprint density at radius 2 is 1.93 bits per heavy atom. The van der Waals surface area contributed by atoms with Crippen molar-refractivity contribution in [1.82, 2.24) is 4.31 Å². The van der Waals surface area contributed by atoms with E-state index in [1.807, 2.05) is 19.2 Å². The summed E-state index contributed by atoms with van der Waals surface area (Å²) in [5.41, 5.74) is 2.39. The summed E-state index contributed by atoms with van der Waals surface area (Å²) >= 11 is 0. The molecule has 3 rings (SSSR count). The molecule has 1 heterocycles. The number of amides is 1. The molecular weight excluding hydrogens is 366 g/mol. The van der Waals surface area contributed by atoms with Crippen LogP contribution >= 0.6 is 0 Å². The maximum Gasteiger partial charge on any atom is 0.255 e. The number of aryl methyl sites for hydroxylation is 1. The van der Waals surface area contributed by atoms with Crippen LogP contribution in [0.1, 0.15) is 15.9 Å². The number of hydrogen-bond acceptors (Lipinski definition) is 5. The van der Waals surface area contributed by atoms with Gasteiger partial charge in [0.2, 0.25) is 10.0 Å². The van der Waals surface area contributed by atoms with E-state index in [1.54, 1.807) is 25.1 Å². The predicted molar refractivity (Wildman–Crippen MR) is 105 cm³/mol. The normalized spacial score (nSPS) is 13.9. The molecule has 0 aromatic heterocycles. The Labute approximate surface area is 159 Å². The highest BCUT2D eigenvalue weighted by Crippen LogP contribution is 2.33. The van der Waals surface area contributed by atoms with Gasteiger partial charge in [0.1, 0.15) is 12.4 Å². The highest BCUT2D eigenvalue weighted by molar-refractivity contribution is 7.89. The zero-order valence-electron chi connectivity index (χ0n) is 15.8. The summed E-state index contributed by atoms with van der Waals surface area (Å²) < 4.78 is 31.7. The summed E-state index contributed by atoms with van der Waals surface area (Å²) in [6, 6.07) is 10.1. The molecule has 0 atom stereocenters. The smallest absolute Gasteiger partial charge is 0.255 e. The van der Waals surface area contributed by atoms with Crippen LogP contribution in [0.5, 0.6) is 5.75 Å². The van der Waals surface area contributed by atoms with Gasteiger partial charge in [0.05, 0.1) is 17.1 Å². The first kappa shape index (κ1) is 19.2. The van der Waals surface area contributed by atoms with Crippen molar-refractivity contribution < 1.29 is 17.9 Å². The van der Waals surface area contributed by atoms with Gasteiger partial charge in [-0.1, -0.05) is 6.07 Å². The zero-order valence-corrected chi connectivity index (χ0v) is 16.6. The number of anilines is 2. The molecule has 2 aromatic carbocycles. The molecule has 144 valence electrons. The van der Waals surface area contributed by atoms with E-state index in [-0.39, 0.29) is 16.4 Å². The van der Waals surface area contributed by atoms with Gasteiger partial charge in [0, 0.05) is 32.4 Å². The number of carbonyl (C=O) groups excluding carboxylic acids is 1. The predicted octanol–water partition coefficient (Wildman–Crippen LogP) is 2.33. The largest absolute Gasteiger partial charge is 0.490 e. The SMILES string of the molecule is Cc1ccc(C(=O)Nc2ccc3c(c2)N(C)CCO3)cc1S(=O)(=O)N(C)C. The minimum atomic E-state index is -3.63. The first-order valence-corrected chi connectivity index (χ1v) is 9.96. The van der Waals surface area contributed by atoms with Crippen LogP contribution in [0.4, 0.5) is 11.4 Å². The Morgan fingerprint density at radius 1 is 1.19 bits per heavy atom. The Morgan fingerprint density at radius 3 is 2.63 bits per heavy atom. The van der Waals surface area contributed by atoms with Crippen molar-refractivity contribution in [2.75, 3.05) is 44.5 Å². The third-order valence-electron chi connectivity index (χ3n) is 4.52. The molecule has 1 aliphatic rings. The summed E-state index contributed by atoms with van der Waals surface area (Å²) in [7, 11) is 1.27. The van der Waals surface area contributed by atoms with Crippen molar-refractivity contribution in [3.05, 3.63) is 47.5 Å². The molecule has 0 aliphatic carbocycles. The van der Waals surface area contributed by atoms with Crippen LogP contribution < -0.4 is 15.0 Å². The van der Waals surface area contributed by atoms with Gasteiger partial charge in [-0.2, -0.15) is 0 Å². The first-order valence-electron chi connectivity index (χ1n) is 8.52. The van der Waals surface area contributed by atoms with E-state index in [1.165, 1.54) is 20.2 Å². The molecule has 8 heteroatoms. The third kappa shape index (κ3) is 3.77. The number of carbonyl (C=O) groups is 1. The summed E-state index contributed by atoms with van der Waals surface area (Å²) in [4.78, 5) is 14.8. The van der Waals surface area contributed by atoms with E-state index in [2.05, 4.69) is 10.2 Å². The molecule has 0 spiro atoms. The molecule has 0 saturated carbocycles. The van der Waals surface area contributed by atoms with Crippen molar-refractivity contribution in [1.29, 1.82) is 0 Å². The molecule has 0 radical (unpaired) electrons. The molecule has 0 fully saturated rings. The monoisotopic (exact) mass is 389 g/mol. The van der Waals surface area contributed by atoms with Crippen molar-refractivity contribution in [2.45, 2.75) is 11.8 Å². The molecule has 0 unspecified atom stereocenters. The van der Waals surface area contributed by atoms with Crippen molar-refractivity contribution in [3.8, 4) is 5.75 Å². The molecule has 2 aromatic rings. The minimum absolute atomic E-state index is 0.124. The zero-order chi connectivity index (χ0) is 19.8. The number of nitrogens with zero attached hydrogens (tertiary/aromatic N) is 2. The van der Waals surface area contributed by atoms with Gasteiger partial charge in [-0.25, -0.2) is 12.7 Å². The van der Waals surface area contributed by atoms with Crippen molar-refractivity contribution in [3.63, 3.8) is 0 Å². The first-order chi connectivity index (χ1) is 12.7. The Balaban J connectivity index is 1.88. The van der Waals surface area contributed by atoms with E-state index in [4.69, 9.17) is 4.74 Å². The fourth-order valence-electron chi connectivity index (χ4n) is 2.85. The number of hydrogen-bond donors (Lipinski definition) is 1. The lowest BCUT2D eigenvalue weighted by Gasteiger charge is -2.28. The summed E-state index contributed by atoms with van der Waals surface area (Å²) in [5.74, 6) is 0.404. The fourth-order valence-corrected chi connectivity index (χ4v) is 3.99. The molecule has 1 aliphatic heterocycles. The Kier molecular flexibility index (Phi) is 5.12. The van der Waals surface area contributed by atoms with E-state index in [0.29, 0.717) is 17.9 Å². The summed E-state index contributed by atoms with van der Waals surface area (Å²) in [5, 5.41) is 2.83. The molecular formula is C19H23N3O4S. The highest BCUT2D eigenvalue weighted by Gasteiger charge is 2.22. The average molecular weight is 389 g/mol. The summed E-state index contributed by atoms with van der Waals surface area (Å²) in [6.45, 7) is 3.10. The minimum Gasteiger partial charge on any atom is -0.490 e. The molecule has 1 N–H and O–H groups in total. The van der Waals surface area contributed by atoms with Gasteiger partial charge in [-0.05, 0) is 42.8 Å². The lowest BCUT2D eigenvalue weighted by molar-refractivity contribution is 0.102. The highest BCUT2D eigenvalue weighted by atomic mass is 32.2. The van der Waals surface area contributed by atoms with Gasteiger partial charge in [-0.15, -0.1) is 0 Å². The van der Waals surface area contributed by atoms with Crippen LogP contribution in [0.25, 0.3) is 0 Å². The van der Waals surface area contributed by atoms with Crippen LogP contribution in [0, 0.1) is 6.92 Å². The van der Waals surface area contributed by atoms with Gasteiger partial charge in [0.25, 0.3) is 5.91 Å². The van der Waals surface area contributed by atoms with Crippen LogP contribution in [0.15, 0.2) is 41.3 Å². The standard InChI is InChI=1S/C19H23N3O4S/c1-13-5-6-14(11-18(13)27(24,25)21(2)3)19(23)20-15-7-8-17-16(12-15)22(4)9-10-26-17/h5-8,11-12H,9-10H2,1-4H3,(H,20,23). The van der Waals surface area contributed by atoms with Gasteiger partial charge in [-0.3, -0.25) is 4.79 Å². The van der Waals surface area contributed by atoms with Crippen LogP contribution in [0.3, 0.4) is 0 Å². The van der Waals surface area contributed by atoms with E-state index in [0.717, 1.165) is 22.3 Å². The fraction of sp³-hybridized carbons (Fsp3) is 0.316. The lowest BCUT2D eigenvalue weighted by atomic mass is 10.1. The van der Waals surface area contributed by atoms with Gasteiger partial charge in [0.15, 0.2) is 0 Å². The number of sulfonamides is 1. The Hall–Kier alpha value is -2.58. The van der Waals surface area contributed by atoms with Crippen molar-refractivity contribution >= 4 is 27.3 Å². The lowest BCUT2D eigenvalue weighted by Crippen LogP contribution is -2.28. The number of fused-ring (bicyclic) bond motifs is 1. The molecule has 7 nitrogen and oxygen atoms in total. The van der Waals surface area contributed by atoms with Crippen LogP contribution in [-0.4, -0.2) is 52.9 Å². The molecule has 1 amide bonds. The number of likely N-dealkylation sites (N-methyl/N-ethyl adjacent to an activating group) is 1. The second kappa shape index (κ2) is 7.21. The summed E-state index contributed by atoms with van der Waals surface area (Å²) in [6.07, 6.45) is 0. The number of nitrogens with one attached hydrogen (secondary N) is 1. The van der Waals surface area contributed by atoms with Gasteiger partial charge >= 0.3 is 0 Å². The van der Waals surface area contributed by atoms with Crippen LogP contribution in [0.2, 0.25) is 0 Å². The topological polar surface area (TPSA) is 79.0 Å². The number of rotatable bonds is 4. The van der Waals surface area contributed by atoms with Crippen molar-refractivity contribution in [2.24, 2.45) is 0 Å². The molecule has 0 bridgehead atoms. The van der Waals surface area contributed by atoms with Gasteiger partial charge < -0.3 is 15.0 Å². The molecule has 0 saturated heterocycles. The Bertz CT molecular complexity index is 986. The van der Waals surface area contributed by atoms with Crippen LogP contribution in [-0.2, 0) is 10.0 Å². The van der Waals surface area contributed by atoms with E-state index < -0.39 is 10.0 Å². The van der Waals surface area contributed by atoms with E-state index >= 15 is 0 Å². The maximum atomic E-state index is 12.7. The average Bonchev–Trinajstić information content (AvgIpc) is 2.62. The van der Waals surface area contributed by atoms with E-state index in [9.17, 15) is 13.2 Å². The number of ether oxygens (including phenoxy) is 1. The third-order valence-corrected chi connectivity index (χ3v) is 6.48. The maximum absolute atomic E-state index is 12.7. The quantitative estimate of drug-likeness (QED) is 0.868. The second-order valence-corrected chi connectivity index (χ2v) is 8.79. The second-order valence-electron chi connectivity index (χ2n) is 6.67.